The number of fused-ring (bicyclic) bond motifs is 1. The van der Waals surface area contributed by atoms with Crippen molar-refractivity contribution in [1.29, 1.82) is 0 Å². The Hall–Kier alpha value is -2.33. The van der Waals surface area contributed by atoms with Crippen LogP contribution in [-0.4, -0.2) is 17.6 Å². The maximum absolute atomic E-state index is 13.5. The van der Waals surface area contributed by atoms with Gasteiger partial charge in [0.05, 0.1) is 17.7 Å². The van der Waals surface area contributed by atoms with Gasteiger partial charge in [0.15, 0.2) is 0 Å². The van der Waals surface area contributed by atoms with Gasteiger partial charge in [-0.25, -0.2) is 9.18 Å². The second-order valence-corrected chi connectivity index (χ2v) is 5.36. The summed E-state index contributed by atoms with van der Waals surface area (Å²) in [6, 6.07) is 12.0. The van der Waals surface area contributed by atoms with E-state index in [2.05, 4.69) is 0 Å². The Morgan fingerprint density at radius 2 is 2.05 bits per heavy atom. The van der Waals surface area contributed by atoms with Crippen molar-refractivity contribution in [1.82, 2.24) is 4.57 Å². The molecule has 0 radical (unpaired) electrons. The number of carbonyl (C=O) groups is 1. The molecule has 0 saturated carbocycles. The minimum absolute atomic E-state index is 0.115. The second kappa shape index (κ2) is 5.81. The summed E-state index contributed by atoms with van der Waals surface area (Å²) in [6.45, 7) is 0.523. The fourth-order valence-corrected chi connectivity index (χ4v) is 2.54. The van der Waals surface area contributed by atoms with Gasteiger partial charge in [0.2, 0.25) is 0 Å². The van der Waals surface area contributed by atoms with E-state index in [1.807, 2.05) is 22.9 Å². The SMILES string of the molecule is COC(=O)c1ccc2c(ccn2Cc2ccc(Cl)c(F)c2)c1. The molecule has 3 nitrogen and oxygen atoms in total. The third-order valence-electron chi connectivity index (χ3n) is 3.53. The van der Waals surface area contributed by atoms with Gasteiger partial charge >= 0.3 is 5.97 Å². The van der Waals surface area contributed by atoms with Crippen molar-refractivity contribution in [3.05, 3.63) is 70.6 Å². The van der Waals surface area contributed by atoms with Crippen LogP contribution in [0.1, 0.15) is 15.9 Å². The van der Waals surface area contributed by atoms with Gasteiger partial charge in [0.1, 0.15) is 5.82 Å². The molecule has 112 valence electrons. The molecule has 0 aliphatic heterocycles. The number of carbonyl (C=O) groups excluding carboxylic acids is 1. The number of hydrogen-bond acceptors (Lipinski definition) is 2. The van der Waals surface area contributed by atoms with Gasteiger partial charge in [-0.15, -0.1) is 0 Å². The first-order chi connectivity index (χ1) is 10.6. The number of halogens is 2. The Bertz CT molecular complexity index is 857. The zero-order chi connectivity index (χ0) is 15.7. The highest BCUT2D eigenvalue weighted by molar-refractivity contribution is 6.30. The standard InChI is InChI=1S/C17H13ClFNO2/c1-22-17(21)13-3-5-16-12(9-13)6-7-20(16)10-11-2-4-14(18)15(19)8-11/h2-9H,10H2,1H3. The van der Waals surface area contributed by atoms with Gasteiger partial charge < -0.3 is 9.30 Å². The van der Waals surface area contributed by atoms with Crippen LogP contribution in [0.2, 0.25) is 5.02 Å². The third kappa shape index (κ3) is 2.70. The summed E-state index contributed by atoms with van der Waals surface area (Å²) >= 11 is 5.69. The van der Waals surface area contributed by atoms with Crippen molar-refractivity contribution in [2.75, 3.05) is 7.11 Å². The number of ether oxygens (including phenoxy) is 1. The first-order valence-corrected chi connectivity index (χ1v) is 7.07. The van der Waals surface area contributed by atoms with E-state index in [1.165, 1.54) is 13.2 Å². The Labute approximate surface area is 131 Å². The maximum Gasteiger partial charge on any atom is 0.337 e. The molecule has 0 unspecified atom stereocenters. The lowest BCUT2D eigenvalue weighted by atomic mass is 10.1. The summed E-state index contributed by atoms with van der Waals surface area (Å²) in [6.07, 6.45) is 1.90. The van der Waals surface area contributed by atoms with Gasteiger partial charge in [0, 0.05) is 23.6 Å². The minimum Gasteiger partial charge on any atom is -0.465 e. The molecule has 1 heterocycles. The first kappa shape index (κ1) is 14.6. The van der Waals surface area contributed by atoms with E-state index >= 15 is 0 Å². The van der Waals surface area contributed by atoms with Gasteiger partial charge in [0.25, 0.3) is 0 Å². The lowest BCUT2D eigenvalue weighted by Gasteiger charge is -2.07. The molecule has 3 rings (SSSR count). The summed E-state index contributed by atoms with van der Waals surface area (Å²) in [4.78, 5) is 11.5. The number of rotatable bonds is 3. The topological polar surface area (TPSA) is 31.2 Å². The molecule has 0 amide bonds. The van der Waals surface area contributed by atoms with Gasteiger partial charge in [-0.3, -0.25) is 0 Å². The molecule has 0 aliphatic rings. The van der Waals surface area contributed by atoms with Crippen LogP contribution in [0.4, 0.5) is 4.39 Å². The minimum atomic E-state index is -0.427. The molecule has 0 atom stereocenters. The molecule has 1 aromatic heterocycles. The third-order valence-corrected chi connectivity index (χ3v) is 3.84. The fourth-order valence-electron chi connectivity index (χ4n) is 2.42. The molecule has 2 aromatic carbocycles. The van der Waals surface area contributed by atoms with Crippen molar-refractivity contribution in [3.63, 3.8) is 0 Å². The van der Waals surface area contributed by atoms with Crippen LogP contribution in [0.5, 0.6) is 0 Å². The van der Waals surface area contributed by atoms with Crippen LogP contribution in [0.15, 0.2) is 48.7 Å². The zero-order valence-electron chi connectivity index (χ0n) is 11.8. The van der Waals surface area contributed by atoms with E-state index in [1.54, 1.807) is 24.3 Å². The predicted molar refractivity (Wildman–Crippen MR) is 83.8 cm³/mol. The van der Waals surface area contributed by atoms with E-state index in [0.29, 0.717) is 12.1 Å². The van der Waals surface area contributed by atoms with Crippen LogP contribution in [0.3, 0.4) is 0 Å². The Morgan fingerprint density at radius 1 is 1.23 bits per heavy atom. The van der Waals surface area contributed by atoms with E-state index in [-0.39, 0.29) is 11.0 Å². The molecular weight excluding hydrogens is 305 g/mol. The maximum atomic E-state index is 13.5. The van der Waals surface area contributed by atoms with Crippen LogP contribution in [0, 0.1) is 5.82 Å². The number of benzene rings is 2. The van der Waals surface area contributed by atoms with Crippen LogP contribution >= 0.6 is 11.6 Å². The molecule has 0 bridgehead atoms. The van der Waals surface area contributed by atoms with Crippen LogP contribution in [-0.2, 0) is 11.3 Å². The fraction of sp³-hybridized carbons (Fsp3) is 0.118. The highest BCUT2D eigenvalue weighted by Crippen LogP contribution is 2.21. The Kier molecular flexibility index (Phi) is 3.86. The van der Waals surface area contributed by atoms with Crippen molar-refractivity contribution >= 4 is 28.5 Å². The quantitative estimate of drug-likeness (QED) is 0.676. The second-order valence-electron chi connectivity index (χ2n) is 4.96. The summed E-state index contributed by atoms with van der Waals surface area (Å²) in [5.41, 5.74) is 2.28. The number of esters is 1. The summed E-state index contributed by atoms with van der Waals surface area (Å²) < 4.78 is 20.2. The van der Waals surface area contributed by atoms with Crippen molar-refractivity contribution in [2.45, 2.75) is 6.54 Å². The molecule has 0 fully saturated rings. The van der Waals surface area contributed by atoms with Gasteiger partial charge in [-0.1, -0.05) is 17.7 Å². The number of hydrogen-bond donors (Lipinski definition) is 0. The molecule has 0 N–H and O–H groups in total. The summed E-state index contributed by atoms with van der Waals surface area (Å²) in [7, 11) is 1.35. The molecular formula is C17H13ClFNO2. The van der Waals surface area contributed by atoms with E-state index in [4.69, 9.17) is 16.3 Å². The smallest absolute Gasteiger partial charge is 0.337 e. The van der Waals surface area contributed by atoms with E-state index < -0.39 is 5.82 Å². The predicted octanol–water partition coefficient (Wildman–Crippen LogP) is 4.27. The van der Waals surface area contributed by atoms with Crippen molar-refractivity contribution in [3.8, 4) is 0 Å². The van der Waals surface area contributed by atoms with E-state index in [0.717, 1.165) is 16.5 Å². The summed E-state index contributed by atoms with van der Waals surface area (Å²) in [5.74, 6) is -0.793. The monoisotopic (exact) mass is 317 g/mol. The van der Waals surface area contributed by atoms with Gasteiger partial charge in [-0.05, 0) is 42.0 Å². The molecule has 22 heavy (non-hydrogen) atoms. The summed E-state index contributed by atoms with van der Waals surface area (Å²) in [5, 5.41) is 1.04. The number of nitrogens with zero attached hydrogens (tertiary/aromatic N) is 1. The normalized spacial score (nSPS) is 10.9. The first-order valence-electron chi connectivity index (χ1n) is 6.69. The highest BCUT2D eigenvalue weighted by Gasteiger charge is 2.09. The average Bonchev–Trinajstić information content (AvgIpc) is 2.92. The average molecular weight is 318 g/mol. The lowest BCUT2D eigenvalue weighted by Crippen LogP contribution is -2.01. The molecule has 0 spiro atoms. The lowest BCUT2D eigenvalue weighted by molar-refractivity contribution is 0.0601. The highest BCUT2D eigenvalue weighted by atomic mass is 35.5. The molecule has 0 aliphatic carbocycles. The molecule has 5 heteroatoms. The zero-order valence-corrected chi connectivity index (χ0v) is 12.6. The number of aromatic nitrogens is 1. The van der Waals surface area contributed by atoms with Crippen molar-refractivity contribution < 1.29 is 13.9 Å². The van der Waals surface area contributed by atoms with E-state index in [9.17, 15) is 9.18 Å². The number of methoxy groups -OCH3 is 1. The molecule has 3 aromatic rings. The Balaban J connectivity index is 1.94. The van der Waals surface area contributed by atoms with Crippen LogP contribution in [0.25, 0.3) is 10.9 Å². The van der Waals surface area contributed by atoms with Crippen LogP contribution < -0.4 is 0 Å². The van der Waals surface area contributed by atoms with Crippen molar-refractivity contribution in [2.24, 2.45) is 0 Å². The largest absolute Gasteiger partial charge is 0.465 e. The Morgan fingerprint density at radius 3 is 2.77 bits per heavy atom. The molecule has 0 saturated heterocycles. The van der Waals surface area contributed by atoms with Gasteiger partial charge in [-0.2, -0.15) is 0 Å².